The highest BCUT2D eigenvalue weighted by molar-refractivity contribution is 7.45. The Morgan fingerprint density at radius 1 is 0.828 bits per heavy atom. The minimum atomic E-state index is -4.62. The highest BCUT2D eigenvalue weighted by atomic mass is 31.2. The first kappa shape index (κ1) is 53.9. The lowest BCUT2D eigenvalue weighted by molar-refractivity contribution is -0.870. The minimum absolute atomic E-state index is 0.00980. The maximum absolute atomic E-state index is 12.8. The molecule has 12 heteroatoms. The van der Waals surface area contributed by atoms with Gasteiger partial charge in [0.05, 0.1) is 46.2 Å². The van der Waals surface area contributed by atoms with Gasteiger partial charge in [-0.2, -0.15) is 0 Å². The first-order valence-electron chi connectivity index (χ1n) is 22.5. The van der Waals surface area contributed by atoms with E-state index in [1.165, 1.54) is 64.2 Å². The topological polar surface area (TPSA) is 152 Å². The number of allylic oxidation sites excluding steroid dienone is 5. The first-order valence-corrected chi connectivity index (χ1v) is 24.0. The monoisotopic (exact) mass is 840 g/mol. The summed E-state index contributed by atoms with van der Waals surface area (Å²) in [4.78, 5) is 37.8. The largest absolute Gasteiger partial charge is 0.756 e. The fraction of sp³-hybridized carbons (Fsp3) is 0.783. The number of Topliss-reactive ketones (excluding diaryl/α,β-unsaturated/α-hetero) is 1. The van der Waals surface area contributed by atoms with Gasteiger partial charge in [0.1, 0.15) is 25.5 Å². The zero-order valence-corrected chi connectivity index (χ0v) is 37.8. The number of phosphoric acid groups is 1. The third-order valence-electron chi connectivity index (χ3n) is 10.3. The van der Waals surface area contributed by atoms with Gasteiger partial charge >= 0.3 is 5.97 Å². The Bertz CT molecular complexity index is 1230. The number of nitrogens with zero attached hydrogens (tertiary/aromatic N) is 1. The van der Waals surface area contributed by atoms with E-state index in [1.54, 1.807) is 18.4 Å². The number of rotatable bonds is 37. The van der Waals surface area contributed by atoms with Gasteiger partial charge < -0.3 is 38.1 Å². The van der Waals surface area contributed by atoms with E-state index in [4.69, 9.17) is 18.5 Å². The molecule has 336 valence electrons. The van der Waals surface area contributed by atoms with Gasteiger partial charge in [0, 0.05) is 24.7 Å². The van der Waals surface area contributed by atoms with E-state index in [0.717, 1.165) is 38.5 Å². The van der Waals surface area contributed by atoms with Crippen LogP contribution < -0.4 is 4.89 Å². The number of hydrogen-bond acceptors (Lipinski definition) is 10. The summed E-state index contributed by atoms with van der Waals surface area (Å²) < 4.78 is 34.2. The van der Waals surface area contributed by atoms with Crippen molar-refractivity contribution in [3.8, 4) is 0 Å². The SMILES string of the molecule is CCCCCC/C=C\CCCCCCCC/C=C/OC[C@H](COP(=O)([O-])OCC[N+](C)(C)C)OC(=O)CCC/C=C\C[C@H]1C(=O)C[C@@H](O)[C@@H]1/C=C/[C@@H](O)CCCCC. The van der Waals surface area contributed by atoms with E-state index in [1.807, 2.05) is 39.4 Å². The van der Waals surface area contributed by atoms with E-state index in [0.29, 0.717) is 36.7 Å². The van der Waals surface area contributed by atoms with Crippen molar-refractivity contribution in [1.29, 1.82) is 0 Å². The van der Waals surface area contributed by atoms with Crippen LogP contribution in [0.1, 0.15) is 155 Å². The summed E-state index contributed by atoms with van der Waals surface area (Å²) in [7, 11) is 1.15. The van der Waals surface area contributed by atoms with Crippen molar-refractivity contribution in [2.24, 2.45) is 11.8 Å². The van der Waals surface area contributed by atoms with Crippen molar-refractivity contribution in [1.82, 2.24) is 0 Å². The molecule has 0 saturated heterocycles. The van der Waals surface area contributed by atoms with Crippen molar-refractivity contribution in [3.63, 3.8) is 0 Å². The second kappa shape index (κ2) is 33.6. The van der Waals surface area contributed by atoms with Crippen LogP contribution in [0.3, 0.4) is 0 Å². The normalized spacial score (nSPS) is 19.9. The van der Waals surface area contributed by atoms with Gasteiger partial charge in [-0.25, -0.2) is 0 Å². The molecular weight excluding hydrogens is 757 g/mol. The molecule has 58 heavy (non-hydrogen) atoms. The van der Waals surface area contributed by atoms with Crippen molar-refractivity contribution < 1.29 is 52.3 Å². The smallest absolute Gasteiger partial charge is 0.306 e. The van der Waals surface area contributed by atoms with E-state index in [9.17, 15) is 29.3 Å². The van der Waals surface area contributed by atoms with E-state index < -0.39 is 38.7 Å². The molecule has 0 aromatic heterocycles. The zero-order valence-electron chi connectivity index (χ0n) is 36.9. The Kier molecular flexibility index (Phi) is 31.2. The molecule has 0 aromatic rings. The highest BCUT2D eigenvalue weighted by Crippen LogP contribution is 2.38. The Balaban J connectivity index is 2.49. The van der Waals surface area contributed by atoms with Crippen LogP contribution in [-0.4, -0.2) is 92.3 Å². The maximum atomic E-state index is 12.8. The van der Waals surface area contributed by atoms with Gasteiger partial charge in [0.25, 0.3) is 7.82 Å². The number of carbonyl (C=O) groups is 2. The molecule has 0 aromatic carbocycles. The number of quaternary nitrogens is 1. The van der Waals surface area contributed by atoms with Crippen LogP contribution >= 0.6 is 7.82 Å². The molecule has 1 aliphatic rings. The van der Waals surface area contributed by atoms with E-state index >= 15 is 0 Å². The number of aliphatic hydroxyl groups is 2. The van der Waals surface area contributed by atoms with Gasteiger partial charge in [-0.1, -0.05) is 115 Å². The summed E-state index contributed by atoms with van der Waals surface area (Å²) in [6, 6.07) is 0. The number of hydrogen-bond donors (Lipinski definition) is 2. The van der Waals surface area contributed by atoms with Crippen LogP contribution in [0.2, 0.25) is 0 Å². The molecule has 0 radical (unpaired) electrons. The molecule has 1 fully saturated rings. The zero-order chi connectivity index (χ0) is 42.9. The van der Waals surface area contributed by atoms with Gasteiger partial charge in [0.2, 0.25) is 0 Å². The van der Waals surface area contributed by atoms with Crippen LogP contribution in [0.15, 0.2) is 48.8 Å². The molecular formula is C46H82NO10P. The van der Waals surface area contributed by atoms with Crippen LogP contribution in [0.25, 0.3) is 0 Å². The standard InChI is InChI=1S/C46H82NO10P/c1-6-8-10-11-12-13-14-15-16-17-18-19-20-21-24-28-35-54-38-41(39-56-58(52,53)55-36-34-47(3,4)5)57-46(51)31-27-23-22-26-30-42-43(45(50)37-44(42)49)33-32-40(48)29-25-9-7-2/h13-14,22,26,28,32-33,35,40-43,45,48,50H,6-12,15-21,23-25,27,29-31,34,36-39H2,1-5H3/b14-13-,26-22-,33-32+,35-28+/t40-,41+,42+,43+,45+/m0/s1. The number of phosphoric ester groups is 1. The summed E-state index contributed by atoms with van der Waals surface area (Å²) in [5.41, 5.74) is 0. The van der Waals surface area contributed by atoms with Crippen molar-refractivity contribution in [2.75, 3.05) is 47.5 Å². The highest BCUT2D eigenvalue weighted by Gasteiger charge is 2.39. The summed E-state index contributed by atoms with van der Waals surface area (Å²) in [6.07, 6.45) is 34.3. The number of ketones is 1. The van der Waals surface area contributed by atoms with Crippen LogP contribution in [0, 0.1) is 11.8 Å². The second-order valence-corrected chi connectivity index (χ2v) is 18.3. The van der Waals surface area contributed by atoms with Crippen molar-refractivity contribution in [2.45, 2.75) is 173 Å². The van der Waals surface area contributed by atoms with Gasteiger partial charge in [-0.15, -0.1) is 0 Å². The third kappa shape index (κ3) is 30.0. The van der Waals surface area contributed by atoms with E-state index in [2.05, 4.69) is 26.0 Å². The molecule has 1 rings (SSSR count). The lowest BCUT2D eigenvalue weighted by atomic mass is 9.90. The average molecular weight is 840 g/mol. The molecule has 0 spiro atoms. The summed E-state index contributed by atoms with van der Waals surface area (Å²) >= 11 is 0. The van der Waals surface area contributed by atoms with Gasteiger partial charge in [-0.05, 0) is 70.3 Å². The lowest BCUT2D eigenvalue weighted by Crippen LogP contribution is -2.37. The molecule has 2 N–H and O–H groups in total. The second-order valence-electron chi connectivity index (χ2n) is 16.9. The van der Waals surface area contributed by atoms with Gasteiger partial charge in [-0.3, -0.25) is 14.2 Å². The lowest BCUT2D eigenvalue weighted by Gasteiger charge is -2.28. The molecule has 0 amide bonds. The molecule has 0 bridgehead atoms. The molecule has 0 aliphatic heterocycles. The fourth-order valence-electron chi connectivity index (χ4n) is 6.66. The van der Waals surface area contributed by atoms with Crippen LogP contribution in [-0.2, 0) is 32.7 Å². The molecule has 0 heterocycles. The number of likely N-dealkylation sites (N-methyl/N-ethyl adjacent to an activating group) is 1. The van der Waals surface area contributed by atoms with Crippen molar-refractivity contribution >= 4 is 19.6 Å². The molecule has 1 unspecified atom stereocenters. The number of ether oxygens (including phenoxy) is 2. The first-order chi connectivity index (χ1) is 27.8. The molecule has 6 atom stereocenters. The number of esters is 1. The van der Waals surface area contributed by atoms with E-state index in [-0.39, 0.29) is 43.7 Å². The third-order valence-corrected chi connectivity index (χ3v) is 11.2. The summed E-state index contributed by atoms with van der Waals surface area (Å²) in [5, 5.41) is 20.7. The van der Waals surface area contributed by atoms with Crippen LogP contribution in [0.4, 0.5) is 0 Å². The quantitative estimate of drug-likeness (QED) is 0.0155. The Labute approximate surface area is 352 Å². The van der Waals surface area contributed by atoms with Gasteiger partial charge in [0.15, 0.2) is 6.10 Å². The fourth-order valence-corrected chi connectivity index (χ4v) is 7.39. The summed E-state index contributed by atoms with van der Waals surface area (Å²) in [6.45, 7) is 4.29. The molecule has 1 saturated carbocycles. The van der Waals surface area contributed by atoms with Crippen molar-refractivity contribution in [3.05, 3.63) is 48.8 Å². The van der Waals surface area contributed by atoms with Crippen LogP contribution in [0.5, 0.6) is 0 Å². The number of aliphatic hydroxyl groups excluding tert-OH is 2. The minimum Gasteiger partial charge on any atom is -0.756 e. The predicted octanol–water partition coefficient (Wildman–Crippen LogP) is 9.46. The average Bonchev–Trinajstić information content (AvgIpc) is 3.43. The Morgan fingerprint density at radius 2 is 1.41 bits per heavy atom. The predicted molar refractivity (Wildman–Crippen MR) is 232 cm³/mol. The molecule has 11 nitrogen and oxygen atoms in total. The number of carbonyl (C=O) groups excluding carboxylic acids is 2. The Morgan fingerprint density at radius 3 is 2.07 bits per heavy atom. The molecule has 1 aliphatic carbocycles. The maximum Gasteiger partial charge on any atom is 0.306 e. The Hall–Kier alpha value is -2.11. The number of unbranched alkanes of at least 4 members (excludes halogenated alkanes) is 14. The summed E-state index contributed by atoms with van der Waals surface area (Å²) in [5.74, 6) is -1.18.